The standard InChI is InChI=1S/C22H26FO11P/c23-20(18(24)25,19(26)27)4-5-31-22(14-2-1-3-17(11-14)32-35(28,29)30)21(33-34-22)15-7-12-6-13(9-15)10-16(21)8-12/h1-3,11-13,15-16H,4-10H2,(H,24,25)(H,26,27)(H2,28,29,30). The number of aliphatic carboxylic acids is 2. The Bertz CT molecular complexity index is 1040. The highest BCUT2D eigenvalue weighted by molar-refractivity contribution is 7.46. The van der Waals surface area contributed by atoms with Crippen molar-refractivity contribution in [1.82, 2.24) is 0 Å². The van der Waals surface area contributed by atoms with Gasteiger partial charge < -0.3 is 19.5 Å². The summed E-state index contributed by atoms with van der Waals surface area (Å²) in [5.41, 5.74) is -4.27. The highest BCUT2D eigenvalue weighted by atomic mass is 31.2. The molecule has 4 aliphatic carbocycles. The third-order valence-corrected chi connectivity index (χ3v) is 8.48. The van der Waals surface area contributed by atoms with Crippen molar-refractivity contribution >= 4 is 19.8 Å². The molecule has 4 N–H and O–H groups in total. The zero-order valence-corrected chi connectivity index (χ0v) is 19.4. The number of rotatable bonds is 9. The number of ether oxygens (including phenoxy) is 1. The summed E-state index contributed by atoms with van der Waals surface area (Å²) >= 11 is 0. The Labute approximate surface area is 199 Å². The van der Waals surface area contributed by atoms with Gasteiger partial charge in [-0.25, -0.2) is 23.4 Å². The average molecular weight is 516 g/mol. The lowest BCUT2D eigenvalue weighted by molar-refractivity contribution is -0.648. The molecule has 1 unspecified atom stereocenters. The largest absolute Gasteiger partial charge is 0.524 e. The van der Waals surface area contributed by atoms with Crippen LogP contribution in [0.1, 0.15) is 44.1 Å². The summed E-state index contributed by atoms with van der Waals surface area (Å²) < 4.78 is 36.8. The first kappa shape index (κ1) is 24.6. The SMILES string of the molecule is O=C(O)C(F)(CCOC1(c2cccc(OP(=O)(O)O)c2)OOC12C1CC3CC(C1)CC2C3)C(=O)O. The van der Waals surface area contributed by atoms with Gasteiger partial charge in [-0.3, -0.25) is 9.79 Å². The molecule has 13 heteroatoms. The zero-order chi connectivity index (χ0) is 25.2. The molecule has 0 radical (unpaired) electrons. The van der Waals surface area contributed by atoms with Gasteiger partial charge in [-0.15, -0.1) is 0 Å². The van der Waals surface area contributed by atoms with Crippen LogP contribution in [-0.4, -0.2) is 49.8 Å². The topological polar surface area (TPSA) is 169 Å². The van der Waals surface area contributed by atoms with Gasteiger partial charge in [0.05, 0.1) is 6.61 Å². The third kappa shape index (κ3) is 3.78. The van der Waals surface area contributed by atoms with Crippen molar-refractivity contribution in [2.45, 2.75) is 55.6 Å². The Balaban J connectivity index is 1.51. The van der Waals surface area contributed by atoms with E-state index in [1.54, 1.807) is 6.07 Å². The molecule has 6 rings (SSSR count). The van der Waals surface area contributed by atoms with Crippen LogP contribution in [0.15, 0.2) is 24.3 Å². The van der Waals surface area contributed by atoms with Crippen molar-refractivity contribution in [1.29, 1.82) is 0 Å². The normalized spacial score (nSPS) is 35.6. The van der Waals surface area contributed by atoms with Gasteiger partial charge >= 0.3 is 25.4 Å². The lowest BCUT2D eigenvalue weighted by Gasteiger charge is -2.69. The van der Waals surface area contributed by atoms with Crippen LogP contribution in [0.3, 0.4) is 0 Å². The maximum atomic E-state index is 14.7. The summed E-state index contributed by atoms with van der Waals surface area (Å²) in [4.78, 5) is 52.5. The van der Waals surface area contributed by atoms with E-state index in [1.165, 1.54) is 18.2 Å². The first-order chi connectivity index (χ1) is 16.4. The van der Waals surface area contributed by atoms with Gasteiger partial charge in [-0.2, -0.15) is 4.89 Å². The van der Waals surface area contributed by atoms with Crippen LogP contribution in [0.5, 0.6) is 5.75 Å². The van der Waals surface area contributed by atoms with Gasteiger partial charge in [0.15, 0.2) is 5.60 Å². The molecule has 5 aliphatic rings. The summed E-state index contributed by atoms with van der Waals surface area (Å²) in [6.07, 6.45) is 3.59. The van der Waals surface area contributed by atoms with Gasteiger partial charge in [0.25, 0.3) is 5.79 Å². The van der Waals surface area contributed by atoms with Crippen molar-refractivity contribution in [2.75, 3.05) is 6.61 Å². The number of carboxylic acid groups (broad SMARTS) is 2. The van der Waals surface area contributed by atoms with Crippen LogP contribution in [0.25, 0.3) is 0 Å². The molecule has 1 atom stereocenters. The monoisotopic (exact) mass is 516 g/mol. The molecule has 4 bridgehead atoms. The highest BCUT2D eigenvalue weighted by Gasteiger charge is 2.77. The van der Waals surface area contributed by atoms with Gasteiger partial charge in [0.1, 0.15) is 5.75 Å². The lowest BCUT2D eigenvalue weighted by atomic mass is 9.47. The number of carbonyl (C=O) groups is 2. The van der Waals surface area contributed by atoms with Crippen molar-refractivity contribution < 1.29 is 57.6 Å². The molecule has 5 fully saturated rings. The minimum Gasteiger partial charge on any atom is -0.478 e. The van der Waals surface area contributed by atoms with E-state index >= 15 is 0 Å². The van der Waals surface area contributed by atoms with E-state index in [0.717, 1.165) is 32.1 Å². The molecule has 11 nitrogen and oxygen atoms in total. The van der Waals surface area contributed by atoms with E-state index < -0.39 is 49.8 Å². The van der Waals surface area contributed by atoms with Crippen LogP contribution in [0, 0.1) is 23.7 Å². The number of phosphoric ester groups is 1. The van der Waals surface area contributed by atoms with Crippen LogP contribution >= 0.6 is 7.82 Å². The molecule has 1 heterocycles. The summed E-state index contributed by atoms with van der Waals surface area (Å²) in [5, 5.41) is 18.2. The molecule has 1 aromatic rings. The highest BCUT2D eigenvalue weighted by Crippen LogP contribution is 2.69. The fraction of sp³-hybridized carbons (Fsp3) is 0.636. The fourth-order valence-corrected chi connectivity index (χ4v) is 7.19. The van der Waals surface area contributed by atoms with Gasteiger partial charge in [-0.05, 0) is 67.9 Å². The van der Waals surface area contributed by atoms with Crippen LogP contribution < -0.4 is 4.52 Å². The number of hydrogen-bond donors (Lipinski definition) is 4. The first-order valence-corrected chi connectivity index (χ1v) is 12.9. The molecular weight excluding hydrogens is 490 g/mol. The molecule has 1 saturated heterocycles. The quantitative estimate of drug-likeness (QED) is 0.216. The minimum absolute atomic E-state index is 0.0212. The fourth-order valence-electron chi connectivity index (χ4n) is 6.80. The molecule has 0 amide bonds. The van der Waals surface area contributed by atoms with Crippen molar-refractivity contribution in [3.05, 3.63) is 29.8 Å². The smallest absolute Gasteiger partial charge is 0.478 e. The van der Waals surface area contributed by atoms with E-state index in [1.807, 2.05) is 0 Å². The van der Waals surface area contributed by atoms with E-state index in [9.17, 15) is 28.3 Å². The molecular formula is C22H26FO11P. The average Bonchev–Trinajstić information content (AvgIpc) is 2.74. The third-order valence-electron chi connectivity index (χ3n) is 8.03. The number of alkyl halides is 1. The summed E-state index contributed by atoms with van der Waals surface area (Å²) in [7, 11) is -4.87. The van der Waals surface area contributed by atoms with Gasteiger partial charge in [-0.1, -0.05) is 12.1 Å². The Morgan fingerprint density at radius 3 is 2.14 bits per heavy atom. The Hall–Kier alpha value is -2.08. The summed E-state index contributed by atoms with van der Waals surface area (Å²) in [6, 6.07) is 5.72. The van der Waals surface area contributed by atoms with E-state index in [0.29, 0.717) is 11.8 Å². The van der Waals surface area contributed by atoms with Gasteiger partial charge in [0.2, 0.25) is 0 Å². The number of phosphoric acid groups is 1. The Morgan fingerprint density at radius 2 is 1.66 bits per heavy atom. The number of halogens is 1. The van der Waals surface area contributed by atoms with Crippen molar-refractivity contribution in [3.8, 4) is 5.75 Å². The Morgan fingerprint density at radius 1 is 1.06 bits per heavy atom. The predicted molar refractivity (Wildman–Crippen MR) is 112 cm³/mol. The zero-order valence-electron chi connectivity index (χ0n) is 18.5. The van der Waals surface area contributed by atoms with E-state index in [-0.39, 0.29) is 23.1 Å². The Kier molecular flexibility index (Phi) is 5.78. The maximum Gasteiger partial charge on any atom is 0.524 e. The van der Waals surface area contributed by atoms with Crippen molar-refractivity contribution in [2.24, 2.45) is 23.7 Å². The molecule has 192 valence electrons. The summed E-state index contributed by atoms with van der Waals surface area (Å²) in [6.45, 7) is -0.629. The van der Waals surface area contributed by atoms with Crippen LogP contribution in [0.2, 0.25) is 0 Å². The molecule has 1 spiro atoms. The number of benzene rings is 1. The lowest BCUT2D eigenvalue weighted by Crippen LogP contribution is -2.76. The molecule has 1 aromatic carbocycles. The van der Waals surface area contributed by atoms with E-state index in [2.05, 4.69) is 0 Å². The van der Waals surface area contributed by atoms with Crippen LogP contribution in [0.4, 0.5) is 4.39 Å². The second-order valence-electron chi connectivity index (χ2n) is 10.0. The molecule has 35 heavy (non-hydrogen) atoms. The second-order valence-corrected chi connectivity index (χ2v) is 11.2. The number of carboxylic acids is 2. The molecule has 0 aromatic heterocycles. The second kappa shape index (κ2) is 8.22. The van der Waals surface area contributed by atoms with Gasteiger partial charge in [0, 0.05) is 12.0 Å². The van der Waals surface area contributed by atoms with Crippen LogP contribution in [-0.2, 0) is 34.5 Å². The maximum absolute atomic E-state index is 14.7. The first-order valence-electron chi connectivity index (χ1n) is 11.4. The molecule has 1 aliphatic heterocycles. The minimum atomic E-state index is -4.87. The number of hydrogen-bond acceptors (Lipinski definition) is 7. The summed E-state index contributed by atoms with van der Waals surface area (Å²) in [5.74, 6) is -5.00. The molecule has 4 saturated carbocycles. The predicted octanol–water partition coefficient (Wildman–Crippen LogP) is 2.75. The van der Waals surface area contributed by atoms with E-state index in [4.69, 9.17) is 29.2 Å². The van der Waals surface area contributed by atoms with Crippen molar-refractivity contribution in [3.63, 3.8) is 0 Å².